The van der Waals surface area contributed by atoms with Crippen molar-refractivity contribution in [3.05, 3.63) is 71.3 Å². The highest BCUT2D eigenvalue weighted by atomic mass is 16.1. The molecule has 0 aliphatic carbocycles. The van der Waals surface area contributed by atoms with E-state index in [9.17, 15) is 4.79 Å². The molecule has 2 aromatic carbocycles. The second-order valence-electron chi connectivity index (χ2n) is 6.34. The van der Waals surface area contributed by atoms with E-state index in [2.05, 4.69) is 55.6 Å². The van der Waals surface area contributed by atoms with E-state index in [4.69, 9.17) is 0 Å². The van der Waals surface area contributed by atoms with Gasteiger partial charge in [-0.15, -0.1) is 0 Å². The molecule has 2 rings (SSSR count). The highest BCUT2D eigenvalue weighted by molar-refractivity contribution is 5.76. The summed E-state index contributed by atoms with van der Waals surface area (Å²) in [6, 6.07) is 19.0. The fraction of sp³-hybridized carbons (Fsp3) is 0.381. The van der Waals surface area contributed by atoms with E-state index in [-0.39, 0.29) is 5.91 Å². The largest absolute Gasteiger partial charge is 0.356 e. The Morgan fingerprint density at radius 3 is 2.22 bits per heavy atom. The van der Waals surface area contributed by atoms with Crippen LogP contribution in [-0.2, 0) is 17.6 Å². The average molecular weight is 309 g/mol. The highest BCUT2D eigenvalue weighted by Gasteiger charge is 2.02. The maximum absolute atomic E-state index is 11.8. The molecule has 1 amide bonds. The SMILES string of the molecule is CC(C)c1ccc(CCCNC(=O)CCc2ccccc2)cc1. The molecule has 122 valence electrons. The minimum atomic E-state index is 0.143. The summed E-state index contributed by atoms with van der Waals surface area (Å²) < 4.78 is 0. The Balaban J connectivity index is 1.62. The molecule has 0 saturated carbocycles. The molecule has 0 aromatic heterocycles. The van der Waals surface area contributed by atoms with Gasteiger partial charge in [-0.05, 0) is 41.9 Å². The lowest BCUT2D eigenvalue weighted by Gasteiger charge is -2.08. The molecule has 0 aliphatic heterocycles. The van der Waals surface area contributed by atoms with Gasteiger partial charge in [0.2, 0.25) is 5.91 Å². The van der Waals surface area contributed by atoms with Gasteiger partial charge < -0.3 is 5.32 Å². The Morgan fingerprint density at radius 2 is 1.57 bits per heavy atom. The molecular formula is C21H27NO. The minimum Gasteiger partial charge on any atom is -0.356 e. The predicted octanol–water partition coefficient (Wildman–Crippen LogP) is 4.49. The van der Waals surface area contributed by atoms with E-state index in [1.54, 1.807) is 0 Å². The van der Waals surface area contributed by atoms with E-state index in [0.29, 0.717) is 12.3 Å². The van der Waals surface area contributed by atoms with Crippen LogP contribution in [0.5, 0.6) is 0 Å². The highest BCUT2D eigenvalue weighted by Crippen LogP contribution is 2.15. The van der Waals surface area contributed by atoms with Crippen LogP contribution in [0.25, 0.3) is 0 Å². The quantitative estimate of drug-likeness (QED) is 0.715. The van der Waals surface area contributed by atoms with Crippen molar-refractivity contribution >= 4 is 5.91 Å². The smallest absolute Gasteiger partial charge is 0.220 e. The summed E-state index contributed by atoms with van der Waals surface area (Å²) in [6.07, 6.45) is 3.37. The van der Waals surface area contributed by atoms with Gasteiger partial charge in [0, 0.05) is 13.0 Å². The van der Waals surface area contributed by atoms with E-state index in [1.807, 2.05) is 18.2 Å². The maximum Gasteiger partial charge on any atom is 0.220 e. The lowest BCUT2D eigenvalue weighted by molar-refractivity contribution is -0.121. The van der Waals surface area contributed by atoms with Crippen LogP contribution in [0.1, 0.15) is 49.3 Å². The second-order valence-corrected chi connectivity index (χ2v) is 6.34. The maximum atomic E-state index is 11.8. The first-order valence-electron chi connectivity index (χ1n) is 8.54. The van der Waals surface area contributed by atoms with Gasteiger partial charge in [0.25, 0.3) is 0 Å². The third-order valence-corrected chi connectivity index (χ3v) is 4.09. The van der Waals surface area contributed by atoms with Gasteiger partial charge in [-0.25, -0.2) is 0 Å². The first-order chi connectivity index (χ1) is 11.1. The third-order valence-electron chi connectivity index (χ3n) is 4.09. The molecule has 0 unspecified atom stereocenters. The molecule has 0 bridgehead atoms. The standard InChI is InChI=1S/C21H27NO/c1-17(2)20-13-10-19(11-14-20)9-6-16-22-21(23)15-12-18-7-4-3-5-8-18/h3-5,7-8,10-11,13-14,17H,6,9,12,15-16H2,1-2H3,(H,22,23). The molecule has 0 aliphatic rings. The van der Waals surface area contributed by atoms with Crippen LogP contribution < -0.4 is 5.32 Å². The van der Waals surface area contributed by atoms with Crippen LogP contribution in [0, 0.1) is 0 Å². The first-order valence-corrected chi connectivity index (χ1v) is 8.54. The zero-order valence-corrected chi connectivity index (χ0v) is 14.2. The number of carbonyl (C=O) groups excluding carboxylic acids is 1. The fourth-order valence-corrected chi connectivity index (χ4v) is 2.58. The summed E-state index contributed by atoms with van der Waals surface area (Å²) in [7, 11) is 0. The van der Waals surface area contributed by atoms with Gasteiger partial charge in [-0.3, -0.25) is 4.79 Å². The molecule has 2 aromatic rings. The van der Waals surface area contributed by atoms with E-state index >= 15 is 0 Å². The summed E-state index contributed by atoms with van der Waals surface area (Å²) in [6.45, 7) is 5.17. The van der Waals surface area contributed by atoms with Gasteiger partial charge in [-0.1, -0.05) is 68.4 Å². The van der Waals surface area contributed by atoms with E-state index in [1.165, 1.54) is 16.7 Å². The van der Waals surface area contributed by atoms with Gasteiger partial charge in [-0.2, -0.15) is 0 Å². The average Bonchev–Trinajstić information content (AvgIpc) is 2.58. The van der Waals surface area contributed by atoms with Crippen molar-refractivity contribution in [1.82, 2.24) is 5.32 Å². The second kappa shape index (κ2) is 9.14. The third kappa shape index (κ3) is 6.27. The number of hydrogen-bond acceptors (Lipinski definition) is 1. The number of hydrogen-bond donors (Lipinski definition) is 1. The molecule has 2 nitrogen and oxygen atoms in total. The summed E-state index contributed by atoms with van der Waals surface area (Å²) in [5.74, 6) is 0.719. The molecule has 0 radical (unpaired) electrons. The van der Waals surface area contributed by atoms with Crippen molar-refractivity contribution in [2.45, 2.75) is 45.4 Å². The van der Waals surface area contributed by atoms with Gasteiger partial charge in [0.15, 0.2) is 0 Å². The van der Waals surface area contributed by atoms with Crippen molar-refractivity contribution in [2.24, 2.45) is 0 Å². The van der Waals surface area contributed by atoms with Crippen LogP contribution in [0.4, 0.5) is 0 Å². The molecule has 0 atom stereocenters. The van der Waals surface area contributed by atoms with Crippen LogP contribution in [0.2, 0.25) is 0 Å². The van der Waals surface area contributed by atoms with Crippen molar-refractivity contribution in [3.63, 3.8) is 0 Å². The zero-order chi connectivity index (χ0) is 16.5. The van der Waals surface area contributed by atoms with Crippen molar-refractivity contribution in [1.29, 1.82) is 0 Å². The Hall–Kier alpha value is -2.09. The topological polar surface area (TPSA) is 29.1 Å². The number of rotatable bonds is 8. The molecular weight excluding hydrogens is 282 g/mol. The fourth-order valence-electron chi connectivity index (χ4n) is 2.58. The number of amides is 1. The Kier molecular flexibility index (Phi) is 6.86. The molecule has 0 spiro atoms. The normalized spacial score (nSPS) is 10.7. The summed E-state index contributed by atoms with van der Waals surface area (Å²) in [5.41, 5.74) is 3.93. The molecule has 0 fully saturated rings. The minimum absolute atomic E-state index is 0.143. The lowest BCUT2D eigenvalue weighted by Crippen LogP contribution is -2.24. The Bertz CT molecular complexity index is 587. The van der Waals surface area contributed by atoms with Crippen LogP contribution in [0.3, 0.4) is 0 Å². The molecule has 2 heteroatoms. The van der Waals surface area contributed by atoms with Gasteiger partial charge >= 0.3 is 0 Å². The number of aryl methyl sites for hydroxylation is 2. The molecule has 0 saturated heterocycles. The van der Waals surface area contributed by atoms with Crippen molar-refractivity contribution in [3.8, 4) is 0 Å². The van der Waals surface area contributed by atoms with Crippen LogP contribution >= 0.6 is 0 Å². The number of benzene rings is 2. The summed E-state index contributed by atoms with van der Waals surface area (Å²) in [4.78, 5) is 11.8. The Labute approximate surface area is 139 Å². The summed E-state index contributed by atoms with van der Waals surface area (Å²) >= 11 is 0. The number of nitrogens with one attached hydrogen (secondary N) is 1. The first kappa shape index (κ1) is 17.3. The molecule has 0 heterocycles. The predicted molar refractivity (Wildman–Crippen MR) is 96.6 cm³/mol. The van der Waals surface area contributed by atoms with Crippen LogP contribution in [0.15, 0.2) is 54.6 Å². The van der Waals surface area contributed by atoms with Crippen molar-refractivity contribution < 1.29 is 4.79 Å². The monoisotopic (exact) mass is 309 g/mol. The lowest BCUT2D eigenvalue weighted by atomic mass is 10.0. The van der Waals surface area contributed by atoms with E-state index < -0.39 is 0 Å². The zero-order valence-electron chi connectivity index (χ0n) is 14.2. The Morgan fingerprint density at radius 1 is 0.913 bits per heavy atom. The summed E-state index contributed by atoms with van der Waals surface area (Å²) in [5, 5.41) is 3.01. The molecule has 23 heavy (non-hydrogen) atoms. The number of carbonyl (C=O) groups is 1. The van der Waals surface area contributed by atoms with Gasteiger partial charge in [0.05, 0.1) is 0 Å². The van der Waals surface area contributed by atoms with Crippen LogP contribution in [-0.4, -0.2) is 12.5 Å². The van der Waals surface area contributed by atoms with E-state index in [0.717, 1.165) is 25.8 Å². The van der Waals surface area contributed by atoms with Crippen molar-refractivity contribution in [2.75, 3.05) is 6.54 Å². The molecule has 1 N–H and O–H groups in total. The van der Waals surface area contributed by atoms with Gasteiger partial charge in [0.1, 0.15) is 0 Å².